The number of aliphatic carboxylic acids is 1. The van der Waals surface area contributed by atoms with Gasteiger partial charge in [-0.25, -0.2) is 0 Å². The molecule has 1 aliphatic rings. The van der Waals surface area contributed by atoms with E-state index in [9.17, 15) is 9.59 Å². The molecule has 1 amide bonds. The normalized spacial score (nSPS) is 13.7. The highest BCUT2D eigenvalue weighted by atomic mass is 16.4. The molecule has 0 fully saturated rings. The predicted octanol–water partition coefficient (Wildman–Crippen LogP) is 1.27. The lowest BCUT2D eigenvalue weighted by atomic mass is 9.94. The van der Waals surface area contributed by atoms with E-state index in [2.05, 4.69) is 5.32 Å². The maximum absolute atomic E-state index is 12.6. The molecule has 2 N–H and O–H groups in total. The number of nitrogens with zero attached hydrogens (tertiary/aromatic N) is 1. The number of amides is 1. The molecule has 5 nitrogen and oxygen atoms in total. The fourth-order valence-electron chi connectivity index (χ4n) is 2.59. The number of carbonyl (C=O) groups is 2. The van der Waals surface area contributed by atoms with Crippen LogP contribution in [0.5, 0.6) is 0 Å². The lowest BCUT2D eigenvalue weighted by Gasteiger charge is -2.24. The van der Waals surface area contributed by atoms with Gasteiger partial charge < -0.3 is 15.3 Å². The van der Waals surface area contributed by atoms with E-state index < -0.39 is 5.97 Å². The molecule has 1 aromatic carbocycles. The van der Waals surface area contributed by atoms with Crippen LogP contribution in [0.1, 0.15) is 34.8 Å². The molecule has 0 saturated carbocycles. The van der Waals surface area contributed by atoms with E-state index in [1.807, 2.05) is 19.1 Å². The molecule has 108 valence electrons. The molecule has 0 unspecified atom stereocenters. The van der Waals surface area contributed by atoms with E-state index in [0.717, 1.165) is 37.1 Å². The van der Waals surface area contributed by atoms with Crippen LogP contribution in [0.25, 0.3) is 0 Å². The van der Waals surface area contributed by atoms with Gasteiger partial charge >= 0.3 is 5.97 Å². The Hall–Kier alpha value is -1.88. The Balaban J connectivity index is 2.29. The Bertz CT molecular complexity index is 514. The first-order chi connectivity index (χ1) is 9.63. The highest BCUT2D eigenvalue weighted by Gasteiger charge is 2.22. The van der Waals surface area contributed by atoms with Crippen LogP contribution in [0.3, 0.4) is 0 Å². The second-order valence-electron chi connectivity index (χ2n) is 4.99. The fraction of sp³-hybridized carbons (Fsp3) is 0.467. The number of carboxylic acids is 1. The predicted molar refractivity (Wildman–Crippen MR) is 75.7 cm³/mol. The summed E-state index contributed by atoms with van der Waals surface area (Å²) in [4.78, 5) is 24.9. The summed E-state index contributed by atoms with van der Waals surface area (Å²) in [5.74, 6) is -1.15. The molecular formula is C15H20N2O3. The van der Waals surface area contributed by atoms with E-state index in [4.69, 9.17) is 5.11 Å². The Morgan fingerprint density at radius 3 is 2.90 bits per heavy atom. The zero-order chi connectivity index (χ0) is 14.5. The van der Waals surface area contributed by atoms with Gasteiger partial charge in [0.1, 0.15) is 6.54 Å². The molecule has 1 aromatic rings. The van der Waals surface area contributed by atoms with Crippen molar-refractivity contribution in [3.05, 3.63) is 34.9 Å². The van der Waals surface area contributed by atoms with Crippen LogP contribution in [-0.2, 0) is 17.8 Å². The van der Waals surface area contributed by atoms with Crippen molar-refractivity contribution in [3.63, 3.8) is 0 Å². The van der Waals surface area contributed by atoms with Gasteiger partial charge in [-0.15, -0.1) is 0 Å². The number of benzene rings is 1. The fourth-order valence-corrected chi connectivity index (χ4v) is 2.59. The van der Waals surface area contributed by atoms with Crippen molar-refractivity contribution in [2.75, 3.05) is 19.6 Å². The Morgan fingerprint density at radius 1 is 1.40 bits per heavy atom. The number of carbonyl (C=O) groups excluding carboxylic acids is 1. The van der Waals surface area contributed by atoms with E-state index in [1.54, 1.807) is 6.07 Å². The van der Waals surface area contributed by atoms with Crippen LogP contribution in [0, 0.1) is 0 Å². The molecule has 0 saturated heterocycles. The summed E-state index contributed by atoms with van der Waals surface area (Å²) < 4.78 is 0. The molecule has 5 heteroatoms. The van der Waals surface area contributed by atoms with Crippen molar-refractivity contribution in [2.24, 2.45) is 0 Å². The van der Waals surface area contributed by atoms with Gasteiger partial charge in [-0.3, -0.25) is 9.59 Å². The van der Waals surface area contributed by atoms with Crippen LogP contribution in [-0.4, -0.2) is 41.5 Å². The largest absolute Gasteiger partial charge is 0.480 e. The van der Waals surface area contributed by atoms with E-state index >= 15 is 0 Å². The summed E-state index contributed by atoms with van der Waals surface area (Å²) in [6, 6.07) is 5.68. The standard InChI is InChI=1S/C15H20N2O3/c1-2-8-17(10-14(18)19)15(20)13-5-3-4-11-9-16-7-6-12(11)13/h3-5,16H,2,6-10H2,1H3,(H,18,19). The number of fused-ring (bicyclic) bond motifs is 1. The van der Waals surface area contributed by atoms with Crippen LogP contribution in [0.4, 0.5) is 0 Å². The van der Waals surface area contributed by atoms with Crippen LogP contribution in [0.2, 0.25) is 0 Å². The number of hydrogen-bond donors (Lipinski definition) is 2. The zero-order valence-electron chi connectivity index (χ0n) is 11.7. The minimum atomic E-state index is -0.974. The minimum Gasteiger partial charge on any atom is -0.480 e. The average Bonchev–Trinajstić information content (AvgIpc) is 2.45. The van der Waals surface area contributed by atoms with Crippen LogP contribution < -0.4 is 5.32 Å². The maximum Gasteiger partial charge on any atom is 0.323 e. The van der Waals surface area contributed by atoms with Gasteiger partial charge in [-0.05, 0) is 36.6 Å². The number of rotatable bonds is 5. The van der Waals surface area contributed by atoms with Crippen molar-refractivity contribution in [1.82, 2.24) is 10.2 Å². The van der Waals surface area contributed by atoms with Gasteiger partial charge in [0.25, 0.3) is 5.91 Å². The Labute approximate surface area is 118 Å². The van der Waals surface area contributed by atoms with E-state index in [-0.39, 0.29) is 12.5 Å². The van der Waals surface area contributed by atoms with Crippen molar-refractivity contribution < 1.29 is 14.7 Å². The molecule has 0 atom stereocenters. The van der Waals surface area contributed by atoms with Crippen molar-refractivity contribution >= 4 is 11.9 Å². The topological polar surface area (TPSA) is 69.6 Å². The van der Waals surface area contributed by atoms with Gasteiger partial charge in [-0.2, -0.15) is 0 Å². The van der Waals surface area contributed by atoms with Gasteiger partial charge in [0.15, 0.2) is 0 Å². The molecule has 1 heterocycles. The van der Waals surface area contributed by atoms with Crippen molar-refractivity contribution in [1.29, 1.82) is 0 Å². The summed E-state index contributed by atoms with van der Waals surface area (Å²) in [6.07, 6.45) is 1.56. The van der Waals surface area contributed by atoms with Crippen molar-refractivity contribution in [3.8, 4) is 0 Å². The molecule has 0 spiro atoms. The molecular weight excluding hydrogens is 256 g/mol. The third-order valence-electron chi connectivity index (χ3n) is 3.48. The molecule has 0 bridgehead atoms. The SMILES string of the molecule is CCCN(CC(=O)O)C(=O)c1cccc2c1CCNC2. The zero-order valence-corrected chi connectivity index (χ0v) is 11.7. The molecule has 1 aliphatic heterocycles. The molecule has 2 rings (SSSR count). The van der Waals surface area contributed by atoms with Gasteiger partial charge in [-0.1, -0.05) is 19.1 Å². The summed E-state index contributed by atoms with van der Waals surface area (Å²) in [5, 5.41) is 12.2. The van der Waals surface area contributed by atoms with Crippen molar-refractivity contribution in [2.45, 2.75) is 26.3 Å². The van der Waals surface area contributed by atoms with Gasteiger partial charge in [0.2, 0.25) is 0 Å². The smallest absolute Gasteiger partial charge is 0.323 e. The number of hydrogen-bond acceptors (Lipinski definition) is 3. The summed E-state index contributed by atoms with van der Waals surface area (Å²) in [6.45, 7) is 3.78. The Morgan fingerprint density at radius 2 is 2.20 bits per heavy atom. The first-order valence-electron chi connectivity index (χ1n) is 6.96. The molecule has 20 heavy (non-hydrogen) atoms. The minimum absolute atomic E-state index is 0.173. The highest BCUT2D eigenvalue weighted by molar-refractivity contribution is 5.97. The molecule has 0 aromatic heterocycles. The van der Waals surface area contributed by atoms with E-state index in [0.29, 0.717) is 12.1 Å². The first-order valence-corrected chi connectivity index (χ1v) is 6.96. The summed E-state index contributed by atoms with van der Waals surface area (Å²) in [5.41, 5.74) is 2.84. The second kappa shape index (κ2) is 6.52. The second-order valence-corrected chi connectivity index (χ2v) is 4.99. The third-order valence-corrected chi connectivity index (χ3v) is 3.48. The first kappa shape index (κ1) is 14.5. The number of nitrogens with one attached hydrogen (secondary N) is 1. The maximum atomic E-state index is 12.6. The average molecular weight is 276 g/mol. The summed E-state index contributed by atoms with van der Waals surface area (Å²) in [7, 11) is 0. The molecule has 0 aliphatic carbocycles. The van der Waals surface area contributed by atoms with E-state index in [1.165, 1.54) is 4.90 Å². The highest BCUT2D eigenvalue weighted by Crippen LogP contribution is 2.20. The summed E-state index contributed by atoms with van der Waals surface area (Å²) >= 11 is 0. The third kappa shape index (κ3) is 3.17. The monoisotopic (exact) mass is 276 g/mol. The lowest BCUT2D eigenvalue weighted by molar-refractivity contribution is -0.137. The number of carboxylic acid groups (broad SMARTS) is 1. The quantitative estimate of drug-likeness (QED) is 0.849. The Kier molecular flexibility index (Phi) is 4.74. The molecule has 0 radical (unpaired) electrons. The van der Waals surface area contributed by atoms with Crippen LogP contribution >= 0.6 is 0 Å². The van der Waals surface area contributed by atoms with Gasteiger partial charge in [0.05, 0.1) is 0 Å². The lowest BCUT2D eigenvalue weighted by Crippen LogP contribution is -2.37. The van der Waals surface area contributed by atoms with Gasteiger partial charge in [0, 0.05) is 18.7 Å². The van der Waals surface area contributed by atoms with Crippen LogP contribution in [0.15, 0.2) is 18.2 Å².